The van der Waals surface area contributed by atoms with Gasteiger partial charge in [0.05, 0.1) is 12.8 Å². The Morgan fingerprint density at radius 2 is 1.74 bits per heavy atom. The van der Waals surface area contributed by atoms with Crippen LogP contribution < -0.4 is 10.2 Å². The van der Waals surface area contributed by atoms with Crippen LogP contribution in [-0.2, 0) is 11.2 Å². The number of hydrogen-bond acceptors (Lipinski definition) is 4. The molecule has 5 heteroatoms. The first-order valence-electron chi connectivity index (χ1n) is 8.72. The van der Waals surface area contributed by atoms with Crippen molar-refractivity contribution < 1.29 is 9.53 Å². The number of aromatic nitrogens is 1. The van der Waals surface area contributed by atoms with Crippen LogP contribution in [0.25, 0.3) is 0 Å². The minimum Gasteiger partial charge on any atom is -0.497 e. The molecule has 2 aromatic carbocycles. The fourth-order valence-corrected chi connectivity index (χ4v) is 2.59. The second-order valence-corrected chi connectivity index (χ2v) is 5.92. The van der Waals surface area contributed by atoms with Crippen molar-refractivity contribution in [2.45, 2.75) is 12.8 Å². The fourth-order valence-electron chi connectivity index (χ4n) is 2.59. The first-order valence-corrected chi connectivity index (χ1v) is 8.72. The van der Waals surface area contributed by atoms with Crippen molar-refractivity contribution in [1.29, 1.82) is 0 Å². The van der Waals surface area contributed by atoms with Crippen LogP contribution in [0.2, 0.25) is 0 Å². The summed E-state index contributed by atoms with van der Waals surface area (Å²) in [6.45, 7) is 0. The highest BCUT2D eigenvalue weighted by Crippen LogP contribution is 2.12. The third-order valence-corrected chi connectivity index (χ3v) is 4.05. The van der Waals surface area contributed by atoms with Gasteiger partial charge >= 0.3 is 0 Å². The Kier molecular flexibility index (Phi) is 6.30. The number of nitrogens with zero attached hydrogens (tertiary/aromatic N) is 2. The molecule has 0 unspecified atom stereocenters. The Hall–Kier alpha value is -3.47. The maximum Gasteiger partial charge on any atom is 0.240 e. The van der Waals surface area contributed by atoms with Crippen molar-refractivity contribution in [3.63, 3.8) is 0 Å². The molecule has 0 aliphatic heterocycles. The Bertz CT molecular complexity index is 850. The van der Waals surface area contributed by atoms with Crippen LogP contribution >= 0.6 is 0 Å². The maximum absolute atomic E-state index is 12.2. The summed E-state index contributed by atoms with van der Waals surface area (Å²) in [7, 11) is 1.63. The Morgan fingerprint density at radius 1 is 1.00 bits per heavy atom. The summed E-state index contributed by atoms with van der Waals surface area (Å²) < 4.78 is 5.14. The lowest BCUT2D eigenvalue weighted by molar-refractivity contribution is -0.121. The van der Waals surface area contributed by atoms with E-state index in [0.29, 0.717) is 24.2 Å². The molecule has 0 radical (unpaired) electrons. The van der Waals surface area contributed by atoms with E-state index < -0.39 is 0 Å². The van der Waals surface area contributed by atoms with Crippen LogP contribution in [0, 0.1) is 0 Å². The number of carbonyl (C=O) groups excluding carboxylic acids is 1. The molecule has 1 aromatic heterocycles. The van der Waals surface area contributed by atoms with Gasteiger partial charge in [-0.2, -0.15) is 5.10 Å². The van der Waals surface area contributed by atoms with Crippen LogP contribution in [0.3, 0.4) is 0 Å². The third-order valence-electron chi connectivity index (χ3n) is 4.05. The molecule has 0 saturated carbocycles. The summed E-state index contributed by atoms with van der Waals surface area (Å²) in [6.07, 6.45) is 2.69. The van der Waals surface area contributed by atoms with E-state index in [1.54, 1.807) is 13.3 Å². The molecule has 3 aromatic rings. The maximum atomic E-state index is 12.2. The molecule has 3 rings (SSSR count). The molecular formula is C22H21N3O2. The first kappa shape index (κ1) is 18.3. The smallest absolute Gasteiger partial charge is 0.240 e. The molecule has 27 heavy (non-hydrogen) atoms. The van der Waals surface area contributed by atoms with Gasteiger partial charge in [-0.3, -0.25) is 9.78 Å². The highest BCUT2D eigenvalue weighted by Gasteiger charge is 2.09. The van der Waals surface area contributed by atoms with E-state index in [4.69, 9.17) is 4.74 Å². The highest BCUT2D eigenvalue weighted by atomic mass is 16.5. The predicted octanol–water partition coefficient (Wildman–Crippen LogP) is 3.59. The van der Waals surface area contributed by atoms with Crippen molar-refractivity contribution in [3.05, 3.63) is 95.8 Å². The number of nitrogens with one attached hydrogen (secondary N) is 1. The lowest BCUT2D eigenvalue weighted by Gasteiger charge is -2.07. The fraction of sp³-hybridized carbons (Fsp3) is 0.136. The second kappa shape index (κ2) is 9.29. The zero-order valence-electron chi connectivity index (χ0n) is 15.1. The Labute approximate surface area is 158 Å². The van der Waals surface area contributed by atoms with Gasteiger partial charge in [0.15, 0.2) is 0 Å². The average molecular weight is 359 g/mol. The van der Waals surface area contributed by atoms with E-state index in [1.165, 1.54) is 0 Å². The van der Waals surface area contributed by atoms with Crippen molar-refractivity contribution in [2.24, 2.45) is 5.10 Å². The molecule has 0 bridgehead atoms. The third kappa shape index (κ3) is 5.25. The number of hydrogen-bond donors (Lipinski definition) is 1. The number of rotatable bonds is 7. The van der Waals surface area contributed by atoms with Gasteiger partial charge in [-0.05, 0) is 36.2 Å². The summed E-state index contributed by atoms with van der Waals surface area (Å²) in [6, 6.07) is 23.0. The van der Waals surface area contributed by atoms with Gasteiger partial charge < -0.3 is 4.74 Å². The molecule has 0 aliphatic carbocycles. The van der Waals surface area contributed by atoms with E-state index in [1.807, 2.05) is 72.8 Å². The largest absolute Gasteiger partial charge is 0.497 e. The monoisotopic (exact) mass is 359 g/mol. The first-order chi connectivity index (χ1) is 13.3. The number of carbonyl (C=O) groups is 1. The molecule has 1 amide bonds. The minimum atomic E-state index is -0.143. The summed E-state index contributed by atoms with van der Waals surface area (Å²) in [5.74, 6) is 0.658. The van der Waals surface area contributed by atoms with E-state index in [0.717, 1.165) is 16.9 Å². The van der Waals surface area contributed by atoms with Gasteiger partial charge in [-0.25, -0.2) is 5.43 Å². The van der Waals surface area contributed by atoms with Gasteiger partial charge in [0.1, 0.15) is 11.5 Å². The van der Waals surface area contributed by atoms with Crippen molar-refractivity contribution >= 4 is 11.6 Å². The number of methoxy groups -OCH3 is 1. The molecule has 0 fully saturated rings. The lowest BCUT2D eigenvalue weighted by Crippen LogP contribution is -2.21. The van der Waals surface area contributed by atoms with E-state index in [9.17, 15) is 4.79 Å². The molecule has 1 N–H and O–H groups in total. The second-order valence-electron chi connectivity index (χ2n) is 5.92. The van der Waals surface area contributed by atoms with Gasteiger partial charge in [-0.15, -0.1) is 0 Å². The summed E-state index contributed by atoms with van der Waals surface area (Å²) in [5, 5.41) is 4.34. The number of ether oxygens (including phenoxy) is 1. The lowest BCUT2D eigenvalue weighted by atomic mass is 10.1. The topological polar surface area (TPSA) is 63.6 Å². The molecule has 1 heterocycles. The van der Waals surface area contributed by atoms with Gasteiger partial charge in [0, 0.05) is 18.2 Å². The van der Waals surface area contributed by atoms with Crippen molar-refractivity contribution in [2.75, 3.05) is 7.11 Å². The molecule has 0 saturated heterocycles. The highest BCUT2D eigenvalue weighted by molar-refractivity contribution is 6.11. The predicted molar refractivity (Wildman–Crippen MR) is 106 cm³/mol. The van der Waals surface area contributed by atoms with Crippen LogP contribution in [0.1, 0.15) is 23.2 Å². The van der Waals surface area contributed by atoms with Gasteiger partial charge in [0.25, 0.3) is 0 Å². The van der Waals surface area contributed by atoms with E-state index in [2.05, 4.69) is 15.5 Å². The van der Waals surface area contributed by atoms with Crippen LogP contribution in [0.15, 0.2) is 84.1 Å². The minimum absolute atomic E-state index is 0.143. The van der Waals surface area contributed by atoms with Gasteiger partial charge in [-0.1, -0.05) is 48.5 Å². The Balaban J connectivity index is 1.67. The average Bonchev–Trinajstić information content (AvgIpc) is 2.74. The summed E-state index contributed by atoms with van der Waals surface area (Å²) >= 11 is 0. The zero-order valence-corrected chi connectivity index (χ0v) is 15.1. The molecule has 5 nitrogen and oxygen atoms in total. The zero-order chi connectivity index (χ0) is 18.9. The number of aryl methyl sites for hydroxylation is 1. The van der Waals surface area contributed by atoms with E-state index in [-0.39, 0.29) is 5.91 Å². The summed E-state index contributed by atoms with van der Waals surface area (Å²) in [5.41, 5.74) is 5.96. The number of pyridine rings is 1. The standard InChI is InChI=1S/C22H21N3O2/c1-27-19-13-10-17(11-14-19)12-15-21(26)24-25-22(18-7-3-2-4-8-18)20-9-5-6-16-23-20/h2-11,13-14,16H,12,15H2,1H3,(H,24,26)/b25-22-. The number of benzene rings is 2. The van der Waals surface area contributed by atoms with Crippen LogP contribution in [-0.4, -0.2) is 23.7 Å². The number of amides is 1. The summed E-state index contributed by atoms with van der Waals surface area (Å²) in [4.78, 5) is 16.6. The quantitative estimate of drug-likeness (QED) is 0.518. The van der Waals surface area contributed by atoms with Crippen LogP contribution in [0.4, 0.5) is 0 Å². The van der Waals surface area contributed by atoms with Gasteiger partial charge in [0.2, 0.25) is 5.91 Å². The molecular weight excluding hydrogens is 338 g/mol. The van der Waals surface area contributed by atoms with Crippen molar-refractivity contribution in [3.8, 4) is 5.75 Å². The molecule has 0 spiro atoms. The van der Waals surface area contributed by atoms with E-state index >= 15 is 0 Å². The Morgan fingerprint density at radius 3 is 2.41 bits per heavy atom. The molecule has 0 atom stereocenters. The molecule has 136 valence electrons. The SMILES string of the molecule is COc1ccc(CCC(=O)N/N=C(/c2ccccc2)c2ccccn2)cc1. The molecule has 0 aliphatic rings. The normalized spacial score (nSPS) is 11.1. The van der Waals surface area contributed by atoms with Crippen molar-refractivity contribution in [1.82, 2.24) is 10.4 Å². The number of hydrazone groups is 1. The van der Waals surface area contributed by atoms with Crippen LogP contribution in [0.5, 0.6) is 5.75 Å².